The van der Waals surface area contributed by atoms with E-state index in [1.807, 2.05) is 0 Å². The molecule has 0 aliphatic carbocycles. The lowest BCUT2D eigenvalue weighted by Gasteiger charge is -2.35. The number of carboxylic acid groups (broad SMARTS) is 1. The molecule has 0 radical (unpaired) electrons. The summed E-state index contributed by atoms with van der Waals surface area (Å²) in [6.07, 6.45) is -1.06. The van der Waals surface area contributed by atoms with Crippen LogP contribution in [0.25, 0.3) is 0 Å². The van der Waals surface area contributed by atoms with Crippen molar-refractivity contribution in [3.63, 3.8) is 0 Å². The number of carbonyl (C=O) groups is 4. The molecule has 12 heteroatoms. The second kappa shape index (κ2) is 12.0. The molecule has 1 aromatic rings. The van der Waals surface area contributed by atoms with E-state index < -0.39 is 60.1 Å². The van der Waals surface area contributed by atoms with Crippen molar-refractivity contribution < 1.29 is 39.2 Å². The van der Waals surface area contributed by atoms with Crippen molar-refractivity contribution in [2.45, 2.75) is 70.4 Å². The van der Waals surface area contributed by atoms with Crippen LogP contribution in [-0.2, 0) is 19.2 Å². The number of rotatable bonds is 6. The number of aliphatic hydroxyl groups excluding tert-OH is 1. The van der Waals surface area contributed by atoms with Gasteiger partial charge in [0, 0.05) is 6.42 Å². The molecular weight excluding hydrogens is 472 g/mol. The number of benzene rings is 1. The summed E-state index contributed by atoms with van der Waals surface area (Å²) < 4.78 is 6.10. The number of aliphatic carboxylic acids is 1. The summed E-state index contributed by atoms with van der Waals surface area (Å²) in [4.78, 5) is 50.2. The first kappa shape index (κ1) is 28.9. The molecule has 3 amide bonds. The van der Waals surface area contributed by atoms with E-state index in [0.717, 1.165) is 0 Å². The smallest absolute Gasteiger partial charge is 0.322 e. The van der Waals surface area contributed by atoms with Crippen LogP contribution in [0.5, 0.6) is 11.5 Å². The van der Waals surface area contributed by atoms with E-state index in [0.29, 0.717) is 6.42 Å². The minimum absolute atomic E-state index is 0.0132. The van der Waals surface area contributed by atoms with Crippen molar-refractivity contribution in [2.24, 2.45) is 5.92 Å². The average Bonchev–Trinajstić information content (AvgIpc) is 2.81. The highest BCUT2D eigenvalue weighted by molar-refractivity contribution is 5.94. The van der Waals surface area contributed by atoms with Crippen molar-refractivity contribution in [1.29, 1.82) is 0 Å². The number of aliphatic hydroxyl groups is 1. The van der Waals surface area contributed by atoms with Crippen LogP contribution in [0, 0.1) is 5.92 Å². The van der Waals surface area contributed by atoms with Crippen LogP contribution in [0.1, 0.15) is 52.2 Å². The molecule has 200 valence electrons. The van der Waals surface area contributed by atoms with E-state index in [1.165, 1.54) is 25.2 Å². The van der Waals surface area contributed by atoms with E-state index in [4.69, 9.17) is 9.84 Å². The quantitative estimate of drug-likeness (QED) is 0.273. The fourth-order valence-electron chi connectivity index (χ4n) is 3.91. The van der Waals surface area contributed by atoms with Crippen LogP contribution < -0.4 is 26.0 Å². The highest BCUT2D eigenvalue weighted by atomic mass is 16.5. The molecule has 0 spiro atoms. The maximum absolute atomic E-state index is 13.2. The highest BCUT2D eigenvalue weighted by Crippen LogP contribution is 2.35. The standard InChI is InChI=1S/C24H36N4O8/c1-6-24(4)10-14(21(33)26-11-17(30)31)27-22(34)18(12(2)3)28-23(35)19(25-5)20(32)13-7-8-15(29)16(9-13)36-24/h7-9,12,14,18-20,25,29,32H,6,10-11H2,1-5H3,(H,26,33)(H,27,34)(H,28,35)(H,30,31). The van der Waals surface area contributed by atoms with Crippen LogP contribution in [-0.4, -0.2) is 76.3 Å². The van der Waals surface area contributed by atoms with Gasteiger partial charge in [-0.3, -0.25) is 19.2 Å². The van der Waals surface area contributed by atoms with Gasteiger partial charge in [-0.1, -0.05) is 26.8 Å². The molecule has 5 unspecified atom stereocenters. The normalized spacial score (nSPS) is 27.3. The van der Waals surface area contributed by atoms with E-state index >= 15 is 0 Å². The first-order chi connectivity index (χ1) is 16.8. The van der Waals surface area contributed by atoms with Gasteiger partial charge in [-0.15, -0.1) is 0 Å². The number of hydrogen-bond donors (Lipinski definition) is 7. The largest absolute Gasteiger partial charge is 0.504 e. The third kappa shape index (κ3) is 7.08. The van der Waals surface area contributed by atoms with E-state index in [9.17, 15) is 29.4 Å². The van der Waals surface area contributed by atoms with E-state index in [-0.39, 0.29) is 29.4 Å². The van der Waals surface area contributed by atoms with Crippen molar-refractivity contribution in [3.8, 4) is 11.5 Å². The second-order valence-electron chi connectivity index (χ2n) is 9.45. The lowest BCUT2D eigenvalue weighted by atomic mass is 9.92. The molecule has 1 aliphatic rings. The summed E-state index contributed by atoms with van der Waals surface area (Å²) in [5.74, 6) is -3.90. The van der Waals surface area contributed by atoms with Gasteiger partial charge >= 0.3 is 5.97 Å². The van der Waals surface area contributed by atoms with Gasteiger partial charge in [-0.2, -0.15) is 0 Å². The maximum atomic E-state index is 13.2. The van der Waals surface area contributed by atoms with Crippen LogP contribution >= 0.6 is 0 Å². The van der Waals surface area contributed by atoms with Crippen molar-refractivity contribution in [1.82, 2.24) is 21.3 Å². The van der Waals surface area contributed by atoms with Gasteiger partial charge in [-0.05, 0) is 44.0 Å². The molecule has 0 aromatic heterocycles. The predicted molar refractivity (Wildman–Crippen MR) is 129 cm³/mol. The van der Waals surface area contributed by atoms with Crippen molar-refractivity contribution in [3.05, 3.63) is 23.8 Å². The SMILES string of the molecule is CCC1(C)CC(C(=O)NCC(=O)O)NC(=O)C(C(C)C)NC(=O)C(NC)C(O)c2ccc(O)c(c2)O1. The zero-order valence-electron chi connectivity index (χ0n) is 21.1. The third-order valence-corrected chi connectivity index (χ3v) is 6.27. The molecule has 0 saturated carbocycles. The van der Waals surface area contributed by atoms with E-state index in [1.54, 1.807) is 27.7 Å². The summed E-state index contributed by atoms with van der Waals surface area (Å²) in [6.45, 7) is 6.25. The molecule has 2 rings (SSSR count). The Kier molecular flexibility index (Phi) is 9.65. The number of fused-ring (bicyclic) bond motifs is 2. The summed E-state index contributed by atoms with van der Waals surface area (Å²) in [6, 6.07) is 0.785. The summed E-state index contributed by atoms with van der Waals surface area (Å²) in [5.41, 5.74) is -0.808. The fraction of sp³-hybridized carbons (Fsp3) is 0.583. The Hall–Kier alpha value is -3.38. The lowest BCUT2D eigenvalue weighted by Crippen LogP contribution is -2.59. The van der Waals surface area contributed by atoms with Crippen molar-refractivity contribution >= 4 is 23.7 Å². The number of phenolic OH excluding ortho intramolecular Hbond substituents is 1. The van der Waals surface area contributed by atoms with Crippen LogP contribution in [0.4, 0.5) is 0 Å². The predicted octanol–water partition coefficient (Wildman–Crippen LogP) is -0.209. The summed E-state index contributed by atoms with van der Waals surface area (Å²) in [5, 5.41) is 40.6. The van der Waals surface area contributed by atoms with Gasteiger partial charge in [0.1, 0.15) is 36.4 Å². The number of carboxylic acids is 1. The molecule has 2 bridgehead atoms. The molecule has 12 nitrogen and oxygen atoms in total. The molecule has 36 heavy (non-hydrogen) atoms. The molecule has 1 aromatic carbocycles. The monoisotopic (exact) mass is 508 g/mol. The zero-order chi connectivity index (χ0) is 27.2. The average molecular weight is 509 g/mol. The molecule has 1 heterocycles. The Balaban J connectivity index is 2.60. The van der Waals surface area contributed by atoms with Gasteiger partial charge in [0.25, 0.3) is 0 Å². The Morgan fingerprint density at radius 1 is 1.22 bits per heavy atom. The minimum atomic E-state index is -1.33. The van der Waals surface area contributed by atoms with Crippen LogP contribution in [0.3, 0.4) is 0 Å². The summed E-state index contributed by atoms with van der Waals surface area (Å²) >= 11 is 0. The number of carbonyl (C=O) groups excluding carboxylic acids is 3. The third-order valence-electron chi connectivity index (χ3n) is 6.27. The number of hydrogen-bond acceptors (Lipinski definition) is 8. The number of nitrogens with one attached hydrogen (secondary N) is 4. The molecule has 0 saturated heterocycles. The molecule has 0 fully saturated rings. The highest BCUT2D eigenvalue weighted by Gasteiger charge is 2.38. The number of ether oxygens (including phenoxy) is 1. The zero-order valence-corrected chi connectivity index (χ0v) is 21.1. The number of aromatic hydroxyl groups is 1. The molecule has 1 aliphatic heterocycles. The van der Waals surface area contributed by atoms with Crippen LogP contribution in [0.15, 0.2) is 18.2 Å². The van der Waals surface area contributed by atoms with Crippen LogP contribution in [0.2, 0.25) is 0 Å². The van der Waals surface area contributed by atoms with Gasteiger partial charge in [0.15, 0.2) is 11.5 Å². The number of phenols is 1. The van der Waals surface area contributed by atoms with Gasteiger partial charge in [0.05, 0.1) is 0 Å². The fourth-order valence-corrected chi connectivity index (χ4v) is 3.91. The Morgan fingerprint density at radius 3 is 2.44 bits per heavy atom. The Morgan fingerprint density at radius 2 is 1.89 bits per heavy atom. The molecule has 5 atom stereocenters. The number of likely N-dealkylation sites (N-methyl/N-ethyl adjacent to an activating group) is 1. The first-order valence-electron chi connectivity index (χ1n) is 11.8. The molecular formula is C24H36N4O8. The van der Waals surface area contributed by atoms with Gasteiger partial charge in [-0.25, -0.2) is 0 Å². The summed E-state index contributed by atoms with van der Waals surface area (Å²) in [7, 11) is 1.48. The van der Waals surface area contributed by atoms with Gasteiger partial charge in [0.2, 0.25) is 17.7 Å². The van der Waals surface area contributed by atoms with Crippen molar-refractivity contribution in [2.75, 3.05) is 13.6 Å². The molecule has 7 N–H and O–H groups in total. The Bertz CT molecular complexity index is 985. The topological polar surface area (TPSA) is 186 Å². The Labute approximate surface area is 209 Å². The second-order valence-corrected chi connectivity index (χ2v) is 9.45. The van der Waals surface area contributed by atoms with E-state index in [2.05, 4.69) is 21.3 Å². The van der Waals surface area contributed by atoms with Gasteiger partial charge < -0.3 is 41.3 Å². The number of amides is 3. The maximum Gasteiger partial charge on any atom is 0.322 e. The lowest BCUT2D eigenvalue weighted by molar-refractivity contribution is -0.139. The minimum Gasteiger partial charge on any atom is -0.504 e. The first-order valence-corrected chi connectivity index (χ1v) is 11.8.